The van der Waals surface area contributed by atoms with Gasteiger partial charge in [-0.25, -0.2) is 0 Å². The first-order chi connectivity index (χ1) is 50.3. The predicted octanol–water partition coefficient (Wildman–Crippen LogP) is 5.25. The SMILES string of the molecule is CCCN1CC(=O)N(C)[C@@H](CC(C)C)C(=O)N[C@H](C(=O)N2CCCCC2)CC(=O)N(C)[C@@H](CC(C)C)C(=O)N[C@@H](CC2CCCCC2)C(=O)N(C)[C@@H](CC(C)C)C(=O)N(C)[C@@H](CC(C)C)C(=O)N[C@@H](COCC(=O)NC)C(=O)N(C)[C@@H](CCC2CCCCC2)C(=O)N(C)[C@@H](CC(C)C)C(=O)N[C@@H]([C@@H](C)O)C1=O. The van der Waals surface area contributed by atoms with Crippen LogP contribution in [0.25, 0.3) is 0 Å². The number of nitrogens with one attached hydrogen (secondary N) is 5. The molecule has 2 saturated carbocycles. The largest absolute Gasteiger partial charge is 0.391 e. The van der Waals surface area contributed by atoms with Crippen molar-refractivity contribution in [2.45, 2.75) is 297 Å². The summed E-state index contributed by atoms with van der Waals surface area (Å²) in [5, 5.41) is 25.5. The summed E-state index contributed by atoms with van der Waals surface area (Å²) in [6.07, 6.45) is 10.9. The maximum atomic E-state index is 15.6. The van der Waals surface area contributed by atoms with E-state index in [0.29, 0.717) is 38.8 Å². The summed E-state index contributed by atoms with van der Waals surface area (Å²) in [6, 6.07) is -13.4. The number of nitrogens with zero attached hydrogens (tertiary/aromatic N) is 8. The number of aliphatic hydroxyl groups is 1. The predicted molar refractivity (Wildman–Crippen MR) is 410 cm³/mol. The number of piperidine rings is 1. The van der Waals surface area contributed by atoms with E-state index < -0.39 is 169 Å². The minimum absolute atomic E-state index is 0.00458. The van der Waals surface area contributed by atoms with Gasteiger partial charge in [-0.15, -0.1) is 0 Å². The second kappa shape index (κ2) is 45.2. The van der Waals surface area contributed by atoms with Gasteiger partial charge >= 0.3 is 0 Å². The zero-order chi connectivity index (χ0) is 80.3. The lowest BCUT2D eigenvalue weighted by molar-refractivity contribution is -0.152. The molecule has 28 heteroatoms. The quantitative estimate of drug-likeness (QED) is 0.0761. The number of likely N-dealkylation sites (N-methyl/N-ethyl adjacent to an activating group) is 7. The van der Waals surface area contributed by atoms with Crippen molar-refractivity contribution in [2.75, 3.05) is 88.7 Å². The number of carbonyl (C=O) groups excluding carboxylic acids is 13. The molecule has 0 aromatic carbocycles. The molecular formula is C79H139N13O15. The van der Waals surface area contributed by atoms with E-state index in [9.17, 15) is 19.5 Å². The van der Waals surface area contributed by atoms with Gasteiger partial charge in [0.1, 0.15) is 67.0 Å². The van der Waals surface area contributed by atoms with Crippen LogP contribution in [0.1, 0.15) is 231 Å². The van der Waals surface area contributed by atoms with Crippen molar-refractivity contribution >= 4 is 76.8 Å². The number of aliphatic hydroxyl groups excluding tert-OH is 1. The number of rotatable bonds is 23. The number of carbonyl (C=O) groups is 13. The van der Waals surface area contributed by atoms with E-state index >= 15 is 47.9 Å². The zero-order valence-corrected chi connectivity index (χ0v) is 68.6. The van der Waals surface area contributed by atoms with Crippen LogP contribution in [0.4, 0.5) is 0 Å². The monoisotopic (exact) mass is 1510 g/mol. The summed E-state index contributed by atoms with van der Waals surface area (Å²) in [5.74, 6) is -9.76. The molecule has 2 heterocycles. The van der Waals surface area contributed by atoms with Crippen molar-refractivity contribution in [1.82, 2.24) is 65.8 Å². The molecule has 2 saturated heterocycles. The standard InChI is InChI=1S/C79H139N13O15/c1-20-36-92-46-68(96)86(15)62(40-50(4)5)71(98)82-58(76(103)91-37-28-23-29-38-91)45-67(95)85(14)61(39-49(2)3)70(97)81-57(44-56-32-26-22-27-33-56)74(101)90(19)65(43-53(10)11)78(105)89(18)63(41-51(6)7)72(99)83-59(47-107-48-66(94)80-13)75(102)87(16)60(35-34-55-30-24-21-25-31-55)77(104)88(17)64(42-52(8)9)73(100)84-69(54(12)93)79(92)106/h49-65,69,93H,20-48H2,1-19H3,(H,80,94)(H,81,97)(H,82,98)(H,83,99)(H,84,100)/t54-,57+,58+,59+,60+,61+,62+,63+,64+,65+,69+/m1/s1. The van der Waals surface area contributed by atoms with Gasteiger partial charge in [-0.1, -0.05) is 140 Å². The highest BCUT2D eigenvalue weighted by Gasteiger charge is 2.45. The van der Waals surface area contributed by atoms with Crippen molar-refractivity contribution in [3.63, 3.8) is 0 Å². The van der Waals surface area contributed by atoms with E-state index in [-0.39, 0.29) is 92.9 Å². The molecule has 610 valence electrons. The van der Waals surface area contributed by atoms with Gasteiger partial charge in [0.2, 0.25) is 76.8 Å². The molecule has 11 atom stereocenters. The molecule has 107 heavy (non-hydrogen) atoms. The van der Waals surface area contributed by atoms with E-state index in [4.69, 9.17) is 4.74 Å². The van der Waals surface area contributed by atoms with Crippen LogP contribution in [0.2, 0.25) is 0 Å². The van der Waals surface area contributed by atoms with Crippen LogP contribution in [-0.2, 0) is 67.1 Å². The topological polar surface area (TPSA) is 337 Å². The zero-order valence-electron chi connectivity index (χ0n) is 68.6. The molecular weight excluding hydrogens is 1370 g/mol. The molecule has 6 N–H and O–H groups in total. The molecule has 0 spiro atoms. The van der Waals surface area contributed by atoms with Crippen LogP contribution < -0.4 is 26.6 Å². The highest BCUT2D eigenvalue weighted by atomic mass is 16.5. The fraction of sp³-hybridized carbons (Fsp3) is 0.835. The summed E-state index contributed by atoms with van der Waals surface area (Å²) < 4.78 is 5.86. The highest BCUT2D eigenvalue weighted by Crippen LogP contribution is 2.32. The Hall–Kier alpha value is -6.97. The molecule has 28 nitrogen and oxygen atoms in total. The van der Waals surface area contributed by atoms with Crippen molar-refractivity contribution < 1.29 is 72.2 Å². The Bertz CT molecular complexity index is 2930. The molecule has 4 aliphatic rings. The van der Waals surface area contributed by atoms with Gasteiger partial charge in [0, 0.05) is 69.0 Å². The van der Waals surface area contributed by atoms with E-state index in [1.54, 1.807) is 11.8 Å². The Morgan fingerprint density at radius 2 is 0.869 bits per heavy atom. The van der Waals surface area contributed by atoms with E-state index in [1.165, 1.54) is 90.6 Å². The first-order valence-corrected chi connectivity index (χ1v) is 40.2. The first kappa shape index (κ1) is 92.4. The van der Waals surface area contributed by atoms with Crippen molar-refractivity contribution in [2.24, 2.45) is 41.4 Å². The normalized spacial score (nSPS) is 26.3. The Balaban J connectivity index is 2.04. The summed E-state index contributed by atoms with van der Waals surface area (Å²) in [6.45, 7) is 20.8. The minimum Gasteiger partial charge on any atom is -0.391 e. The number of hydrogen-bond donors (Lipinski definition) is 6. The molecule has 0 bridgehead atoms. The Morgan fingerprint density at radius 3 is 1.35 bits per heavy atom. The maximum Gasteiger partial charge on any atom is 0.248 e. The average molecular weight is 1510 g/mol. The van der Waals surface area contributed by atoms with E-state index in [0.717, 1.165) is 70.6 Å². The molecule has 2 aliphatic carbocycles. The van der Waals surface area contributed by atoms with Crippen LogP contribution in [0, 0.1) is 41.4 Å². The highest BCUT2D eigenvalue weighted by molar-refractivity contribution is 6.00. The van der Waals surface area contributed by atoms with Crippen LogP contribution in [0.3, 0.4) is 0 Å². The van der Waals surface area contributed by atoms with Gasteiger partial charge < -0.3 is 75.6 Å². The number of ether oxygens (including phenoxy) is 1. The van der Waals surface area contributed by atoms with Gasteiger partial charge in [-0.2, -0.15) is 0 Å². The van der Waals surface area contributed by atoms with Crippen molar-refractivity contribution in [1.29, 1.82) is 0 Å². The van der Waals surface area contributed by atoms with E-state index in [1.807, 2.05) is 69.2 Å². The third-order valence-corrected chi connectivity index (χ3v) is 22.0. The number of likely N-dealkylation sites (tertiary alicyclic amines) is 1. The summed E-state index contributed by atoms with van der Waals surface area (Å²) in [5.41, 5.74) is 0. The van der Waals surface area contributed by atoms with Crippen molar-refractivity contribution in [3.8, 4) is 0 Å². The summed E-state index contributed by atoms with van der Waals surface area (Å²) in [7, 11) is 10.1. The second-order valence-corrected chi connectivity index (χ2v) is 33.3. The third-order valence-electron chi connectivity index (χ3n) is 22.0. The summed E-state index contributed by atoms with van der Waals surface area (Å²) in [4.78, 5) is 206. The van der Waals surface area contributed by atoms with Gasteiger partial charge in [-0.3, -0.25) is 62.3 Å². The molecule has 0 aromatic rings. The Kier molecular flexibility index (Phi) is 39.1. The fourth-order valence-electron chi connectivity index (χ4n) is 15.5. The van der Waals surface area contributed by atoms with Gasteiger partial charge in [-0.05, 0) is 125 Å². The number of amides is 13. The van der Waals surface area contributed by atoms with Crippen LogP contribution in [-0.4, -0.2) is 276 Å². The Morgan fingerprint density at radius 1 is 0.467 bits per heavy atom. The Labute approximate surface area is 639 Å². The average Bonchev–Trinajstić information content (AvgIpc) is 0.807. The lowest BCUT2D eigenvalue weighted by atomic mass is 9.84. The fourth-order valence-corrected chi connectivity index (χ4v) is 15.5. The van der Waals surface area contributed by atoms with Gasteiger partial charge in [0.05, 0.1) is 25.7 Å². The maximum absolute atomic E-state index is 15.6. The molecule has 4 fully saturated rings. The van der Waals surface area contributed by atoms with Crippen molar-refractivity contribution in [3.05, 3.63) is 0 Å². The van der Waals surface area contributed by atoms with Gasteiger partial charge in [0.25, 0.3) is 0 Å². The molecule has 2 aliphatic heterocycles. The van der Waals surface area contributed by atoms with Crippen LogP contribution in [0.5, 0.6) is 0 Å². The third kappa shape index (κ3) is 28.4. The van der Waals surface area contributed by atoms with E-state index in [2.05, 4.69) is 26.6 Å². The smallest absolute Gasteiger partial charge is 0.248 e. The molecule has 0 unspecified atom stereocenters. The van der Waals surface area contributed by atoms with Crippen LogP contribution >= 0.6 is 0 Å². The number of hydrogen-bond acceptors (Lipinski definition) is 15. The lowest BCUT2D eigenvalue weighted by Crippen LogP contribution is -2.62. The first-order valence-electron chi connectivity index (χ1n) is 40.2. The molecule has 13 amide bonds. The summed E-state index contributed by atoms with van der Waals surface area (Å²) >= 11 is 0. The molecule has 0 aromatic heterocycles. The molecule has 0 radical (unpaired) electrons. The second-order valence-electron chi connectivity index (χ2n) is 33.3. The molecule has 4 rings (SSSR count). The van der Waals surface area contributed by atoms with Crippen LogP contribution in [0.15, 0.2) is 0 Å². The lowest BCUT2D eigenvalue weighted by Gasteiger charge is -2.39. The minimum atomic E-state index is -1.67. The van der Waals surface area contributed by atoms with Gasteiger partial charge in [0.15, 0.2) is 0 Å².